The number of para-hydroxylation sites is 1. The molecule has 2 aromatic carbocycles. The van der Waals surface area contributed by atoms with E-state index in [1.54, 1.807) is 12.1 Å². The van der Waals surface area contributed by atoms with E-state index in [2.05, 4.69) is 17.9 Å². The highest BCUT2D eigenvalue weighted by Gasteiger charge is 2.07. The molecule has 6 nitrogen and oxygen atoms in total. The summed E-state index contributed by atoms with van der Waals surface area (Å²) in [4.78, 5) is 21.3. The second-order valence-electron chi connectivity index (χ2n) is 5.41. The predicted molar refractivity (Wildman–Crippen MR) is 106 cm³/mol. The van der Waals surface area contributed by atoms with Gasteiger partial charge in [-0.2, -0.15) is 0 Å². The monoisotopic (exact) mass is 384 g/mol. The molecule has 2 rings (SSSR count). The second kappa shape index (κ2) is 13.8. The summed E-state index contributed by atoms with van der Waals surface area (Å²) in [5, 5.41) is 9.42. The first-order valence-electron chi connectivity index (χ1n) is 8.53. The molecule has 0 amide bonds. The van der Waals surface area contributed by atoms with Crippen LogP contribution in [0.4, 0.5) is 0 Å². The van der Waals surface area contributed by atoms with Gasteiger partial charge in [-0.1, -0.05) is 61.7 Å². The lowest BCUT2D eigenvalue weighted by molar-refractivity contribution is -0.141. The Kier molecular flexibility index (Phi) is 11.1. The van der Waals surface area contributed by atoms with Gasteiger partial charge >= 0.3 is 11.9 Å². The van der Waals surface area contributed by atoms with Crippen molar-refractivity contribution < 1.29 is 28.9 Å². The minimum absolute atomic E-state index is 0.0778. The summed E-state index contributed by atoms with van der Waals surface area (Å²) in [7, 11) is 0. The lowest BCUT2D eigenvalue weighted by Crippen LogP contribution is -2.24. The van der Waals surface area contributed by atoms with Crippen LogP contribution in [0, 0.1) is 0 Å². The van der Waals surface area contributed by atoms with E-state index in [-0.39, 0.29) is 19.2 Å². The molecule has 0 saturated heterocycles. The number of ether oxygens (including phenoxy) is 3. The van der Waals surface area contributed by atoms with Gasteiger partial charge in [0.05, 0.1) is 0 Å². The molecule has 0 aliphatic carbocycles. The molecule has 0 saturated carbocycles. The Bertz CT molecular complexity index is 727. The van der Waals surface area contributed by atoms with Gasteiger partial charge in [0.2, 0.25) is 0 Å². The van der Waals surface area contributed by atoms with Gasteiger partial charge < -0.3 is 19.3 Å². The van der Waals surface area contributed by atoms with Gasteiger partial charge in [0, 0.05) is 12.2 Å². The van der Waals surface area contributed by atoms with Gasteiger partial charge in [-0.15, -0.1) is 0 Å². The molecule has 28 heavy (non-hydrogen) atoms. The van der Waals surface area contributed by atoms with Crippen molar-refractivity contribution in [2.45, 2.75) is 12.7 Å². The van der Waals surface area contributed by atoms with E-state index in [0.29, 0.717) is 12.4 Å². The maximum absolute atomic E-state index is 10.7. The molecule has 0 bridgehead atoms. The Hall–Kier alpha value is -3.38. The lowest BCUT2D eigenvalue weighted by atomic mass is 10.2. The molecule has 0 fully saturated rings. The first kappa shape index (κ1) is 22.7. The van der Waals surface area contributed by atoms with E-state index in [1.165, 1.54) is 0 Å². The lowest BCUT2D eigenvalue weighted by Gasteiger charge is -2.11. The van der Waals surface area contributed by atoms with Gasteiger partial charge in [0.15, 0.2) is 0 Å². The van der Waals surface area contributed by atoms with E-state index in [9.17, 15) is 14.7 Å². The number of hydrogen-bond donors (Lipinski definition) is 1. The highest BCUT2D eigenvalue weighted by atomic mass is 16.5. The van der Waals surface area contributed by atoms with Crippen LogP contribution in [0.1, 0.15) is 5.56 Å². The van der Waals surface area contributed by atoms with Crippen LogP contribution in [0.3, 0.4) is 0 Å². The molecule has 0 aliphatic heterocycles. The number of benzene rings is 2. The van der Waals surface area contributed by atoms with E-state index < -0.39 is 12.1 Å². The average molecular weight is 384 g/mol. The van der Waals surface area contributed by atoms with Gasteiger partial charge in [0.1, 0.15) is 31.7 Å². The summed E-state index contributed by atoms with van der Waals surface area (Å²) >= 11 is 0. The molecule has 6 heteroatoms. The molecular weight excluding hydrogens is 360 g/mol. The minimum Gasteiger partial charge on any atom is -0.491 e. The average Bonchev–Trinajstić information content (AvgIpc) is 2.76. The largest absolute Gasteiger partial charge is 0.491 e. The van der Waals surface area contributed by atoms with E-state index >= 15 is 0 Å². The summed E-state index contributed by atoms with van der Waals surface area (Å²) in [6.45, 7) is 6.83. The van der Waals surface area contributed by atoms with E-state index in [1.807, 2.05) is 48.5 Å². The molecule has 0 aromatic heterocycles. The Morgan fingerprint density at radius 1 is 0.857 bits per heavy atom. The third-order valence-corrected chi connectivity index (χ3v) is 3.16. The quantitative estimate of drug-likeness (QED) is 0.529. The van der Waals surface area contributed by atoms with E-state index in [4.69, 9.17) is 9.47 Å². The van der Waals surface area contributed by atoms with E-state index in [0.717, 1.165) is 17.7 Å². The molecule has 1 N–H and O–H groups in total. The fraction of sp³-hybridized carbons (Fsp3) is 0.182. The van der Waals surface area contributed by atoms with Crippen LogP contribution in [0.5, 0.6) is 5.75 Å². The number of aliphatic hydroxyl groups is 1. The van der Waals surface area contributed by atoms with Crippen molar-refractivity contribution in [2.75, 3.05) is 13.2 Å². The maximum atomic E-state index is 10.7. The van der Waals surface area contributed by atoms with Crippen LogP contribution in [-0.2, 0) is 25.7 Å². The second-order valence-corrected chi connectivity index (χ2v) is 5.41. The molecule has 1 atom stereocenters. The van der Waals surface area contributed by atoms with Crippen molar-refractivity contribution in [1.82, 2.24) is 0 Å². The minimum atomic E-state index is -0.843. The Morgan fingerprint density at radius 3 is 1.96 bits per heavy atom. The fourth-order valence-corrected chi connectivity index (χ4v) is 1.78. The number of rotatable bonds is 9. The van der Waals surface area contributed by atoms with Crippen molar-refractivity contribution in [3.05, 3.63) is 91.5 Å². The first-order chi connectivity index (χ1) is 13.5. The summed E-state index contributed by atoms with van der Waals surface area (Å²) in [6, 6.07) is 18.6. The Morgan fingerprint density at radius 2 is 1.39 bits per heavy atom. The molecule has 0 aliphatic rings. The van der Waals surface area contributed by atoms with Crippen LogP contribution < -0.4 is 4.74 Å². The standard InChI is InChI=1S/C12H14O4.C10H10O2/c1-2-12(14)16-9-10(13)8-15-11-6-4-3-5-7-11;1-2-10(11)12-8-9-6-4-3-5-7-9/h2-7,10,13H,1,8-9H2;2-7H,1,8H2. The molecule has 148 valence electrons. The topological polar surface area (TPSA) is 82.1 Å². The SMILES string of the molecule is C=CC(=O)OCC(O)COc1ccccc1.C=CC(=O)OCc1ccccc1. The maximum Gasteiger partial charge on any atom is 0.330 e. The molecular formula is C22H24O6. The predicted octanol–water partition coefficient (Wildman–Crippen LogP) is 3.07. The van der Waals surface area contributed by atoms with Gasteiger partial charge in [-0.25, -0.2) is 9.59 Å². The third-order valence-electron chi connectivity index (χ3n) is 3.16. The fourth-order valence-electron chi connectivity index (χ4n) is 1.78. The molecule has 0 radical (unpaired) electrons. The van der Waals surface area contributed by atoms with Crippen LogP contribution >= 0.6 is 0 Å². The van der Waals surface area contributed by atoms with Crippen LogP contribution in [-0.4, -0.2) is 36.4 Å². The number of carbonyl (C=O) groups is 2. The van der Waals surface area contributed by atoms with Gasteiger partial charge in [-0.05, 0) is 17.7 Å². The molecule has 0 spiro atoms. The first-order valence-corrected chi connectivity index (χ1v) is 8.53. The molecule has 1 unspecified atom stereocenters. The number of esters is 2. The van der Waals surface area contributed by atoms with Gasteiger partial charge in [0.25, 0.3) is 0 Å². The molecule has 0 heterocycles. The van der Waals surface area contributed by atoms with Crippen molar-refractivity contribution in [2.24, 2.45) is 0 Å². The Balaban J connectivity index is 0.000000292. The van der Waals surface area contributed by atoms with Crippen LogP contribution in [0.25, 0.3) is 0 Å². The summed E-state index contributed by atoms with van der Waals surface area (Å²) in [5.74, 6) is -0.283. The highest BCUT2D eigenvalue weighted by molar-refractivity contribution is 5.81. The van der Waals surface area contributed by atoms with Crippen molar-refractivity contribution in [3.8, 4) is 5.75 Å². The summed E-state index contributed by atoms with van der Waals surface area (Å²) < 4.78 is 14.7. The van der Waals surface area contributed by atoms with Gasteiger partial charge in [-0.3, -0.25) is 0 Å². The van der Waals surface area contributed by atoms with Crippen LogP contribution in [0.15, 0.2) is 86.0 Å². The van der Waals surface area contributed by atoms with Crippen molar-refractivity contribution in [3.63, 3.8) is 0 Å². The van der Waals surface area contributed by atoms with Crippen LogP contribution in [0.2, 0.25) is 0 Å². The summed E-state index contributed by atoms with van der Waals surface area (Å²) in [6.07, 6.45) is 1.36. The number of carbonyl (C=O) groups excluding carboxylic acids is 2. The smallest absolute Gasteiger partial charge is 0.330 e. The normalized spacial score (nSPS) is 10.5. The highest BCUT2D eigenvalue weighted by Crippen LogP contribution is 2.08. The number of hydrogen-bond acceptors (Lipinski definition) is 6. The zero-order valence-electron chi connectivity index (χ0n) is 15.5. The third kappa shape index (κ3) is 10.6. The zero-order chi connectivity index (χ0) is 20.6. The van der Waals surface area contributed by atoms with Crippen molar-refractivity contribution in [1.29, 1.82) is 0 Å². The molecule has 2 aromatic rings. The Labute approximate surface area is 164 Å². The van der Waals surface area contributed by atoms with Crippen molar-refractivity contribution >= 4 is 11.9 Å². The zero-order valence-corrected chi connectivity index (χ0v) is 15.5. The number of aliphatic hydroxyl groups excluding tert-OH is 1. The summed E-state index contributed by atoms with van der Waals surface area (Å²) in [5.41, 5.74) is 0.979.